The first-order chi connectivity index (χ1) is 24.9. The van der Waals surface area contributed by atoms with Gasteiger partial charge in [0.05, 0.1) is 32.9 Å². The second-order valence-corrected chi connectivity index (χ2v) is 16.0. The van der Waals surface area contributed by atoms with Crippen molar-refractivity contribution >= 4 is 49.1 Å². The standard InChI is InChI=1S/C37H39F6N7O2S/c1-18(2)33(51)50-12-10-35(4,19(50)3)48(5)32-22-13-24(37(41,42)43)27(21-7-8-25(39)30-26(21)23(15-44)31(45)53-30)28(40)29(22)46-34(47-32)52-17-36-9-6-11-49(36)16-20(38)14-36/h7-8,13,18-20H,6,9-12,14,16-17,45H2,1-5H3. The molecule has 3 saturated heterocycles. The van der Waals surface area contributed by atoms with E-state index in [-0.39, 0.29) is 74.8 Å². The number of alkyl halides is 4. The van der Waals surface area contributed by atoms with Crippen LogP contribution in [0.1, 0.15) is 64.5 Å². The Labute approximate surface area is 306 Å². The Kier molecular flexibility index (Phi) is 9.00. The molecule has 0 aliphatic carbocycles. The maximum atomic E-state index is 17.3. The fraction of sp³-hybridized carbons (Fsp3) is 0.514. The summed E-state index contributed by atoms with van der Waals surface area (Å²) in [7, 11) is 1.63. The van der Waals surface area contributed by atoms with Crippen molar-refractivity contribution in [3.8, 4) is 23.2 Å². The molecule has 0 bridgehead atoms. The zero-order valence-corrected chi connectivity index (χ0v) is 30.7. The van der Waals surface area contributed by atoms with E-state index in [9.17, 15) is 18.8 Å². The van der Waals surface area contributed by atoms with Crippen molar-refractivity contribution in [2.75, 3.05) is 43.9 Å². The van der Waals surface area contributed by atoms with E-state index in [1.165, 1.54) is 0 Å². The van der Waals surface area contributed by atoms with Gasteiger partial charge >= 0.3 is 12.2 Å². The molecule has 4 atom stereocenters. The van der Waals surface area contributed by atoms with E-state index in [2.05, 4.69) is 9.97 Å². The van der Waals surface area contributed by atoms with Crippen molar-refractivity contribution in [1.29, 1.82) is 5.26 Å². The van der Waals surface area contributed by atoms with Gasteiger partial charge in [-0.05, 0) is 57.4 Å². The molecule has 7 rings (SSSR count). The fourth-order valence-electron chi connectivity index (χ4n) is 8.56. The highest BCUT2D eigenvalue weighted by Crippen LogP contribution is 2.49. The minimum absolute atomic E-state index is 0.0280. The van der Waals surface area contributed by atoms with Crippen LogP contribution in [-0.4, -0.2) is 82.3 Å². The first-order valence-corrected chi connectivity index (χ1v) is 18.3. The van der Waals surface area contributed by atoms with Gasteiger partial charge in [-0.1, -0.05) is 19.9 Å². The van der Waals surface area contributed by atoms with Crippen LogP contribution in [0.2, 0.25) is 0 Å². The number of ether oxygens (including phenoxy) is 1. The molecule has 3 fully saturated rings. The lowest BCUT2D eigenvalue weighted by Crippen LogP contribution is -2.54. The summed E-state index contributed by atoms with van der Waals surface area (Å²) in [6.07, 6.45) is -4.06. The van der Waals surface area contributed by atoms with Crippen LogP contribution < -0.4 is 15.4 Å². The largest absolute Gasteiger partial charge is 0.461 e. The van der Waals surface area contributed by atoms with Crippen molar-refractivity contribution < 1.29 is 35.9 Å². The monoisotopic (exact) mass is 759 g/mol. The Morgan fingerprint density at radius 2 is 1.96 bits per heavy atom. The topological polar surface area (TPSA) is 112 Å². The van der Waals surface area contributed by atoms with Crippen LogP contribution in [0.5, 0.6) is 6.01 Å². The van der Waals surface area contributed by atoms with Gasteiger partial charge in [-0.25, -0.2) is 13.2 Å². The first kappa shape index (κ1) is 37.0. The molecule has 2 aromatic heterocycles. The quantitative estimate of drug-likeness (QED) is 0.191. The van der Waals surface area contributed by atoms with Crippen LogP contribution >= 0.6 is 11.3 Å². The van der Waals surface area contributed by atoms with E-state index in [0.717, 1.165) is 24.6 Å². The van der Waals surface area contributed by atoms with Gasteiger partial charge in [0.2, 0.25) is 5.91 Å². The molecular formula is C37H39F6N7O2S. The Morgan fingerprint density at radius 3 is 2.64 bits per heavy atom. The molecule has 2 N–H and O–H groups in total. The number of nitriles is 1. The number of likely N-dealkylation sites (N-methyl/N-ethyl adjacent to an activating group) is 1. The third-order valence-electron chi connectivity index (χ3n) is 11.7. The summed E-state index contributed by atoms with van der Waals surface area (Å²) in [4.78, 5) is 27.5. The zero-order chi connectivity index (χ0) is 38.4. The molecular weight excluding hydrogens is 721 g/mol. The number of amides is 1. The fourth-order valence-corrected chi connectivity index (χ4v) is 9.51. The third kappa shape index (κ3) is 5.81. The van der Waals surface area contributed by atoms with Gasteiger partial charge in [0.15, 0.2) is 5.82 Å². The predicted molar refractivity (Wildman–Crippen MR) is 190 cm³/mol. The summed E-state index contributed by atoms with van der Waals surface area (Å²) in [6.45, 7) is 8.57. The van der Waals surface area contributed by atoms with Gasteiger partial charge in [-0.2, -0.15) is 28.4 Å². The minimum atomic E-state index is -5.13. The van der Waals surface area contributed by atoms with Crippen LogP contribution in [0.25, 0.3) is 32.1 Å². The maximum Gasteiger partial charge on any atom is 0.417 e. The summed E-state index contributed by atoms with van der Waals surface area (Å²) in [5.41, 5.74) is 0.994. The SMILES string of the molecule is CC(C)C(=O)N1CCC(C)(N(C)c2nc(OCC34CCCN3CC(F)C4)nc3c(F)c(-c4ccc(F)c5sc(N)c(C#N)c45)c(C(F)(F)F)cc23)C1C. The molecule has 1 amide bonds. The highest BCUT2D eigenvalue weighted by molar-refractivity contribution is 7.23. The molecule has 9 nitrogen and oxygen atoms in total. The number of carbonyl (C=O) groups is 1. The average molecular weight is 760 g/mol. The number of thiophene rings is 1. The highest BCUT2D eigenvalue weighted by atomic mass is 32.1. The first-order valence-electron chi connectivity index (χ1n) is 17.5. The number of hydrogen-bond acceptors (Lipinski definition) is 9. The molecule has 0 spiro atoms. The number of anilines is 2. The van der Waals surface area contributed by atoms with Crippen LogP contribution in [0.15, 0.2) is 18.2 Å². The number of rotatable bonds is 7. The number of nitrogens with two attached hydrogens (primary N) is 1. The molecule has 4 unspecified atom stereocenters. The van der Waals surface area contributed by atoms with Gasteiger partial charge in [0.1, 0.15) is 41.0 Å². The van der Waals surface area contributed by atoms with Crippen LogP contribution in [-0.2, 0) is 11.0 Å². The summed E-state index contributed by atoms with van der Waals surface area (Å²) in [5, 5.41) is 9.23. The molecule has 0 saturated carbocycles. The number of nitrogen functional groups attached to an aromatic ring is 1. The molecule has 53 heavy (non-hydrogen) atoms. The smallest absolute Gasteiger partial charge is 0.417 e. The predicted octanol–water partition coefficient (Wildman–Crippen LogP) is 7.69. The van der Waals surface area contributed by atoms with Gasteiger partial charge in [-0.15, -0.1) is 11.3 Å². The Hall–Kier alpha value is -4.36. The summed E-state index contributed by atoms with van der Waals surface area (Å²) in [5.74, 6) is -2.65. The molecule has 0 radical (unpaired) electrons. The molecule has 2 aromatic carbocycles. The molecule has 3 aliphatic rings. The van der Waals surface area contributed by atoms with E-state index < -0.39 is 57.7 Å². The second-order valence-electron chi connectivity index (χ2n) is 15.0. The molecule has 5 heterocycles. The van der Waals surface area contributed by atoms with Crippen LogP contribution in [0, 0.1) is 28.9 Å². The van der Waals surface area contributed by atoms with Crippen molar-refractivity contribution in [2.45, 2.75) is 82.8 Å². The highest BCUT2D eigenvalue weighted by Gasteiger charge is 2.50. The summed E-state index contributed by atoms with van der Waals surface area (Å²) in [6, 6.07) is 3.76. The number of carbonyl (C=O) groups excluding carboxylic acids is 1. The van der Waals surface area contributed by atoms with E-state index in [4.69, 9.17) is 10.5 Å². The molecule has 16 heteroatoms. The normalized spacial score (nSPS) is 24.8. The van der Waals surface area contributed by atoms with E-state index in [0.29, 0.717) is 37.3 Å². The number of fused-ring (bicyclic) bond motifs is 3. The van der Waals surface area contributed by atoms with Gasteiger partial charge in [0.25, 0.3) is 0 Å². The lowest BCUT2D eigenvalue weighted by atomic mass is 9.90. The molecule has 3 aliphatic heterocycles. The Balaban J connectivity index is 1.46. The van der Waals surface area contributed by atoms with Crippen molar-refractivity contribution in [3.63, 3.8) is 0 Å². The second kappa shape index (κ2) is 12.9. The molecule has 282 valence electrons. The van der Waals surface area contributed by atoms with E-state index in [1.54, 1.807) is 30.7 Å². The number of aromatic nitrogens is 2. The number of halogens is 6. The van der Waals surface area contributed by atoms with Crippen molar-refractivity contribution in [2.24, 2.45) is 5.92 Å². The minimum Gasteiger partial charge on any atom is -0.461 e. The Bertz CT molecular complexity index is 2190. The average Bonchev–Trinajstić information content (AvgIpc) is 3.82. The molecule has 4 aromatic rings. The van der Waals surface area contributed by atoms with Gasteiger partial charge in [-0.3, -0.25) is 9.69 Å². The zero-order valence-electron chi connectivity index (χ0n) is 29.9. The third-order valence-corrected chi connectivity index (χ3v) is 12.7. The maximum absolute atomic E-state index is 17.3. The van der Waals surface area contributed by atoms with E-state index in [1.807, 2.05) is 24.8 Å². The Morgan fingerprint density at radius 1 is 1.23 bits per heavy atom. The number of benzene rings is 2. The van der Waals surface area contributed by atoms with Crippen molar-refractivity contribution in [3.05, 3.63) is 41.0 Å². The van der Waals surface area contributed by atoms with E-state index >= 15 is 17.6 Å². The van der Waals surface area contributed by atoms with Crippen LogP contribution in [0.4, 0.5) is 37.2 Å². The number of likely N-dealkylation sites (tertiary alicyclic amines) is 1. The number of nitrogens with zero attached hydrogens (tertiary/aromatic N) is 6. The van der Waals surface area contributed by atoms with Crippen molar-refractivity contribution in [1.82, 2.24) is 19.8 Å². The summed E-state index contributed by atoms with van der Waals surface area (Å²) >= 11 is 0.679. The van der Waals surface area contributed by atoms with Gasteiger partial charge in [0, 0.05) is 48.8 Å². The van der Waals surface area contributed by atoms with Crippen LogP contribution in [0.3, 0.4) is 0 Å². The number of hydrogen-bond donors (Lipinski definition) is 1. The lowest BCUT2D eigenvalue weighted by molar-refractivity contribution is -0.137. The van der Waals surface area contributed by atoms with Gasteiger partial charge < -0.3 is 20.3 Å². The lowest BCUT2D eigenvalue weighted by Gasteiger charge is -2.42. The summed E-state index contributed by atoms with van der Waals surface area (Å²) < 4.78 is 98.3.